The van der Waals surface area contributed by atoms with Crippen LogP contribution in [0.3, 0.4) is 0 Å². The predicted octanol–water partition coefficient (Wildman–Crippen LogP) is 3.15. The fourth-order valence-corrected chi connectivity index (χ4v) is 8.29. The van der Waals surface area contributed by atoms with E-state index in [1.807, 2.05) is 36.4 Å². The number of hydrogen-bond donors (Lipinski definition) is 10. The van der Waals surface area contributed by atoms with Crippen molar-refractivity contribution in [3.63, 3.8) is 0 Å². The van der Waals surface area contributed by atoms with Gasteiger partial charge < -0.3 is 70.0 Å². The number of carboxylic acid groups (broad SMARTS) is 2. The van der Waals surface area contributed by atoms with E-state index in [-0.39, 0.29) is 12.8 Å². The summed E-state index contributed by atoms with van der Waals surface area (Å²) in [6, 6.07) is 25.3. The van der Waals surface area contributed by atoms with Gasteiger partial charge in [0.2, 0.25) is 12.6 Å². The summed E-state index contributed by atoms with van der Waals surface area (Å²) < 4.78 is 23.3. The van der Waals surface area contributed by atoms with Crippen LogP contribution in [0.25, 0.3) is 22.3 Å². The largest absolute Gasteiger partial charge is 0.481 e. The third-order valence-corrected chi connectivity index (χ3v) is 11.9. The maximum atomic E-state index is 11.5. The average Bonchev–Trinajstić information content (AvgIpc) is 3.29. The summed E-state index contributed by atoms with van der Waals surface area (Å²) >= 11 is 0. The maximum absolute atomic E-state index is 11.5. The molecule has 2 aliphatic heterocycles. The van der Waals surface area contributed by atoms with Gasteiger partial charge in [-0.25, -0.2) is 0 Å². The Kier molecular flexibility index (Phi) is 17.9. The van der Waals surface area contributed by atoms with E-state index in [2.05, 4.69) is 0 Å². The van der Waals surface area contributed by atoms with Crippen molar-refractivity contribution < 1.29 is 79.6 Å². The van der Waals surface area contributed by atoms with Crippen LogP contribution in [0.5, 0.6) is 11.5 Å². The SMILES string of the molecule is O=C(O)Cc1cccc(-c2cc(CCCCCCCCCc3ccc(O[C@H]4O[C@H](CO)[C@@H](O)[C@H](O)[C@@H]4O)c(-c4cccc(CC(=O)O)c4)c3)ccc2O[C@H]2O[C@H](CO)[C@@H](O)[C@H](O)[C@@H]2O)c1. The van der Waals surface area contributed by atoms with Crippen LogP contribution in [-0.4, -0.2) is 138 Å². The minimum absolute atomic E-state index is 0.177. The molecule has 2 fully saturated rings. The Morgan fingerprint density at radius 3 is 1.22 bits per heavy atom. The van der Waals surface area contributed by atoms with Crippen molar-refractivity contribution in [3.05, 3.63) is 107 Å². The summed E-state index contributed by atoms with van der Waals surface area (Å²) in [4.78, 5) is 22.9. The van der Waals surface area contributed by atoms with Gasteiger partial charge in [0.25, 0.3) is 0 Å². The lowest BCUT2D eigenvalue weighted by Crippen LogP contribution is -2.60. The molecule has 0 radical (unpaired) electrons. The van der Waals surface area contributed by atoms with Crippen LogP contribution in [0.4, 0.5) is 0 Å². The van der Waals surface area contributed by atoms with Crippen molar-refractivity contribution in [2.45, 2.75) is 132 Å². The zero-order chi connectivity index (χ0) is 46.6. The monoisotopic (exact) mass is 904 g/mol. The molecule has 4 aromatic carbocycles. The van der Waals surface area contributed by atoms with E-state index in [9.17, 15) is 60.7 Å². The summed E-state index contributed by atoms with van der Waals surface area (Å²) in [6.07, 6.45) is -6.47. The fourth-order valence-electron chi connectivity index (χ4n) is 8.29. The second-order valence-corrected chi connectivity index (χ2v) is 16.8. The lowest BCUT2D eigenvalue weighted by Gasteiger charge is -2.39. The standard InChI is InChI=1S/C49H60O16/c50-26-38-42(56)44(58)46(60)48(64-38)62-36-18-16-28(22-34(36)32-14-8-12-30(20-32)24-40(52)53)10-6-4-2-1-3-5-7-11-29-17-19-37(63-49-47(61)45(59)43(57)39(27-51)65-49)35(23-29)33-15-9-13-31(21-33)25-41(54)55/h8-9,12-23,38-39,42-51,56-61H,1-7,10-11,24-27H2,(H,52,53)(H,54,55)/t38-,39-,42-,43-,44+,45+,46+,47+,48+,49+/m1/s1. The van der Waals surface area contributed by atoms with Crippen LogP contribution in [0.1, 0.15) is 67.2 Å². The van der Waals surface area contributed by atoms with Crippen molar-refractivity contribution in [2.75, 3.05) is 13.2 Å². The summed E-state index contributed by atoms with van der Waals surface area (Å²) in [7, 11) is 0. The molecule has 2 heterocycles. The molecule has 0 aliphatic carbocycles. The number of carbonyl (C=O) groups is 2. The molecule has 10 atom stereocenters. The molecule has 4 aromatic rings. The lowest BCUT2D eigenvalue weighted by molar-refractivity contribution is -0.277. The molecule has 16 heteroatoms. The Labute approximate surface area is 376 Å². The number of unbranched alkanes of at least 4 members (excludes halogenated alkanes) is 6. The second-order valence-electron chi connectivity index (χ2n) is 16.8. The first-order valence-electron chi connectivity index (χ1n) is 22.1. The molecule has 2 saturated heterocycles. The summed E-state index contributed by atoms with van der Waals surface area (Å²) in [5, 5.41) is 101. The first kappa shape index (κ1) is 49.5. The zero-order valence-corrected chi connectivity index (χ0v) is 36.0. The van der Waals surface area contributed by atoms with Crippen molar-refractivity contribution in [1.82, 2.24) is 0 Å². The van der Waals surface area contributed by atoms with Crippen LogP contribution in [-0.2, 0) is 44.7 Å². The third kappa shape index (κ3) is 13.1. The molecule has 352 valence electrons. The van der Waals surface area contributed by atoms with Crippen LogP contribution in [0.15, 0.2) is 84.9 Å². The topological polar surface area (TPSA) is 273 Å². The number of ether oxygens (including phenoxy) is 4. The summed E-state index contributed by atoms with van der Waals surface area (Å²) in [5.74, 6) is -1.33. The molecule has 16 nitrogen and oxygen atoms in total. The van der Waals surface area contributed by atoms with E-state index in [0.717, 1.165) is 68.9 Å². The molecule has 65 heavy (non-hydrogen) atoms. The number of rotatable bonds is 22. The highest BCUT2D eigenvalue weighted by Crippen LogP contribution is 2.37. The molecule has 0 unspecified atom stereocenters. The number of hydrogen-bond acceptors (Lipinski definition) is 14. The van der Waals surface area contributed by atoms with Gasteiger partial charge in [-0.05, 0) is 83.3 Å². The van der Waals surface area contributed by atoms with E-state index < -0.39 is 86.6 Å². The van der Waals surface area contributed by atoms with Crippen LogP contribution < -0.4 is 9.47 Å². The van der Waals surface area contributed by atoms with Crippen molar-refractivity contribution in [3.8, 4) is 33.8 Å². The quantitative estimate of drug-likeness (QED) is 0.0508. The predicted molar refractivity (Wildman–Crippen MR) is 235 cm³/mol. The minimum Gasteiger partial charge on any atom is -0.481 e. The molecule has 0 saturated carbocycles. The first-order valence-corrected chi connectivity index (χ1v) is 22.1. The molecule has 2 aliphatic rings. The molecule has 0 bridgehead atoms. The molecular formula is C49H60O16. The van der Waals surface area contributed by atoms with Crippen LogP contribution >= 0.6 is 0 Å². The van der Waals surface area contributed by atoms with Gasteiger partial charge in [-0.2, -0.15) is 0 Å². The zero-order valence-electron chi connectivity index (χ0n) is 36.0. The Hall–Kier alpha value is -4.98. The number of benzene rings is 4. The number of carboxylic acids is 2. The van der Waals surface area contributed by atoms with Crippen molar-refractivity contribution in [2.24, 2.45) is 0 Å². The summed E-state index contributed by atoms with van der Waals surface area (Å²) in [6.45, 7) is -1.20. The first-order chi connectivity index (χ1) is 31.3. The molecule has 0 amide bonds. The molecule has 0 spiro atoms. The highest BCUT2D eigenvalue weighted by molar-refractivity contribution is 5.76. The van der Waals surface area contributed by atoms with Gasteiger partial charge >= 0.3 is 11.9 Å². The Morgan fingerprint density at radius 2 is 0.846 bits per heavy atom. The van der Waals surface area contributed by atoms with Gasteiger partial charge in [-0.1, -0.05) is 92.8 Å². The third-order valence-electron chi connectivity index (χ3n) is 11.9. The van der Waals surface area contributed by atoms with E-state index in [1.165, 1.54) is 0 Å². The van der Waals surface area contributed by atoms with Gasteiger partial charge in [0.15, 0.2) is 0 Å². The maximum Gasteiger partial charge on any atom is 0.307 e. The normalized spacial score (nSPS) is 25.5. The highest BCUT2D eigenvalue weighted by atomic mass is 16.7. The van der Waals surface area contributed by atoms with Gasteiger partial charge in [-0.3, -0.25) is 9.59 Å². The van der Waals surface area contributed by atoms with E-state index in [4.69, 9.17) is 18.9 Å². The van der Waals surface area contributed by atoms with Gasteiger partial charge in [0, 0.05) is 11.1 Å². The average molecular weight is 905 g/mol. The van der Waals surface area contributed by atoms with Gasteiger partial charge in [0.1, 0.15) is 60.3 Å². The lowest BCUT2D eigenvalue weighted by atomic mass is 9.96. The molecular weight excluding hydrogens is 845 g/mol. The van der Waals surface area contributed by atoms with E-state index >= 15 is 0 Å². The van der Waals surface area contributed by atoms with Gasteiger partial charge in [0.05, 0.1) is 26.1 Å². The number of aryl methyl sites for hydroxylation is 2. The minimum atomic E-state index is -1.61. The van der Waals surface area contributed by atoms with Crippen LogP contribution in [0, 0.1) is 0 Å². The van der Waals surface area contributed by atoms with E-state index in [0.29, 0.717) is 44.9 Å². The smallest absolute Gasteiger partial charge is 0.307 e. The second kappa shape index (κ2) is 23.5. The van der Waals surface area contributed by atoms with E-state index in [1.54, 1.807) is 48.5 Å². The van der Waals surface area contributed by atoms with Crippen molar-refractivity contribution >= 4 is 11.9 Å². The Balaban J connectivity index is 1.03. The molecule has 6 rings (SSSR count). The van der Waals surface area contributed by atoms with Gasteiger partial charge in [-0.15, -0.1) is 0 Å². The Bertz CT molecular complexity index is 2020. The highest BCUT2D eigenvalue weighted by Gasteiger charge is 2.46. The Morgan fingerprint density at radius 1 is 0.462 bits per heavy atom. The molecule has 0 aromatic heterocycles. The summed E-state index contributed by atoms with van der Waals surface area (Å²) in [5.41, 5.74) is 5.82. The van der Waals surface area contributed by atoms with Crippen LogP contribution in [0.2, 0.25) is 0 Å². The number of aliphatic hydroxyl groups is 8. The number of aliphatic hydroxyl groups excluding tert-OH is 8. The fraction of sp³-hybridized carbons (Fsp3) is 0.469. The van der Waals surface area contributed by atoms with Crippen molar-refractivity contribution in [1.29, 1.82) is 0 Å². The molecule has 10 N–H and O–H groups in total. The number of aliphatic carboxylic acids is 2.